The third kappa shape index (κ3) is 12.5. The Balaban J connectivity index is -0.000000446. The lowest BCUT2D eigenvalue weighted by Crippen LogP contribution is -2.43. The zero-order chi connectivity index (χ0) is 18.3. The highest BCUT2D eigenvalue weighted by molar-refractivity contribution is 5.80. The Morgan fingerprint density at radius 1 is 1.14 bits per heavy atom. The van der Waals surface area contributed by atoms with Crippen molar-refractivity contribution in [1.82, 2.24) is 4.90 Å². The van der Waals surface area contributed by atoms with Crippen molar-refractivity contribution in [2.45, 2.75) is 93.2 Å². The van der Waals surface area contributed by atoms with E-state index in [0.717, 1.165) is 6.42 Å². The lowest BCUT2D eigenvalue weighted by Gasteiger charge is -2.26. The van der Waals surface area contributed by atoms with Gasteiger partial charge in [-0.15, -0.1) is 0 Å². The molecule has 0 aliphatic carbocycles. The van der Waals surface area contributed by atoms with E-state index in [1.807, 2.05) is 27.7 Å². The summed E-state index contributed by atoms with van der Waals surface area (Å²) in [7, 11) is 0. The van der Waals surface area contributed by atoms with Crippen LogP contribution in [-0.4, -0.2) is 40.3 Å². The number of ether oxygens (including phenoxy) is 1. The Kier molecular flexibility index (Phi) is 17.1. The predicted octanol–water partition coefficient (Wildman–Crippen LogP) is 4.94. The van der Waals surface area contributed by atoms with Crippen molar-refractivity contribution in [1.29, 1.82) is 0 Å². The van der Waals surface area contributed by atoms with E-state index in [1.54, 1.807) is 20.8 Å². The van der Waals surface area contributed by atoms with Gasteiger partial charge >= 0.3 is 12.1 Å². The quantitative estimate of drug-likeness (QED) is 0.743. The molecule has 0 aromatic carbocycles. The van der Waals surface area contributed by atoms with Gasteiger partial charge in [-0.3, -0.25) is 4.90 Å². The summed E-state index contributed by atoms with van der Waals surface area (Å²) in [6, 6.07) is -0.722. The highest BCUT2D eigenvalue weighted by Gasteiger charge is 2.36. The van der Waals surface area contributed by atoms with Crippen LogP contribution in [0.3, 0.4) is 0 Å². The number of carbonyl (C=O) groups is 2. The molecule has 1 aliphatic rings. The maximum atomic E-state index is 11.6. The summed E-state index contributed by atoms with van der Waals surface area (Å²) in [4.78, 5) is 23.7. The van der Waals surface area contributed by atoms with Crippen LogP contribution < -0.4 is 0 Å². The number of hydrogen-bond acceptors (Lipinski definition) is 3. The van der Waals surface area contributed by atoms with Crippen LogP contribution in [-0.2, 0) is 9.53 Å². The standard InChI is InChI=1S/C10H17NO4.C3H8.2C2H6/c1-10(2,3)15-9(14)11-6-4-5-7(11)8(12)13;1-3-2;2*1-2/h7H,4-6H2,1-3H3,(H,12,13);3H2,1-2H3;2*1-2H3. The molecule has 5 heteroatoms. The van der Waals surface area contributed by atoms with Gasteiger partial charge in [0.15, 0.2) is 0 Å². The number of likely N-dealkylation sites (tertiary alicyclic amines) is 1. The fourth-order valence-corrected chi connectivity index (χ4v) is 1.56. The normalized spacial score (nSPS) is 16.0. The Hall–Kier alpha value is -1.26. The summed E-state index contributed by atoms with van der Waals surface area (Å²) < 4.78 is 5.13. The minimum atomic E-state index is -0.960. The molecule has 0 bridgehead atoms. The molecule has 1 amide bonds. The Bertz CT molecular complexity index is 285. The van der Waals surface area contributed by atoms with Gasteiger partial charge in [-0.25, -0.2) is 9.59 Å². The van der Waals surface area contributed by atoms with Gasteiger partial charge in [0.1, 0.15) is 11.6 Å². The lowest BCUT2D eigenvalue weighted by molar-refractivity contribution is -0.142. The number of carboxylic acid groups (broad SMARTS) is 1. The first-order valence-electron chi connectivity index (χ1n) is 8.45. The van der Waals surface area contributed by atoms with Crippen molar-refractivity contribution >= 4 is 12.1 Å². The average molecular weight is 319 g/mol. The maximum Gasteiger partial charge on any atom is 0.411 e. The van der Waals surface area contributed by atoms with Gasteiger partial charge in [0.2, 0.25) is 0 Å². The molecule has 134 valence electrons. The first-order valence-corrected chi connectivity index (χ1v) is 8.45. The van der Waals surface area contributed by atoms with Crippen molar-refractivity contribution < 1.29 is 19.4 Å². The molecule has 0 aromatic rings. The fourth-order valence-electron chi connectivity index (χ4n) is 1.56. The van der Waals surface area contributed by atoms with E-state index in [4.69, 9.17) is 9.84 Å². The van der Waals surface area contributed by atoms with Crippen LogP contribution in [0.5, 0.6) is 0 Å². The molecule has 1 heterocycles. The number of hydrogen-bond donors (Lipinski definition) is 1. The number of amides is 1. The monoisotopic (exact) mass is 319 g/mol. The summed E-state index contributed by atoms with van der Waals surface area (Å²) in [5, 5.41) is 8.88. The number of carboxylic acids is 1. The van der Waals surface area contributed by atoms with E-state index in [9.17, 15) is 9.59 Å². The SMILES string of the molecule is CC.CC.CC(C)(C)OC(=O)N1CCCC1C(=O)O.CCC. The van der Waals surface area contributed by atoms with Crippen molar-refractivity contribution in [3.63, 3.8) is 0 Å². The van der Waals surface area contributed by atoms with Crippen LogP contribution in [0.15, 0.2) is 0 Å². The smallest absolute Gasteiger partial charge is 0.411 e. The first kappa shape index (κ1) is 25.7. The molecule has 1 aliphatic heterocycles. The van der Waals surface area contributed by atoms with Crippen LogP contribution in [0.25, 0.3) is 0 Å². The van der Waals surface area contributed by atoms with Crippen LogP contribution in [0.4, 0.5) is 4.79 Å². The number of rotatable bonds is 1. The maximum absolute atomic E-state index is 11.6. The van der Waals surface area contributed by atoms with Gasteiger partial charge in [0, 0.05) is 6.54 Å². The minimum absolute atomic E-state index is 0.464. The molecule has 0 radical (unpaired) electrons. The summed E-state index contributed by atoms with van der Waals surface area (Å²) >= 11 is 0. The summed E-state index contributed by atoms with van der Waals surface area (Å²) in [5.41, 5.74) is -0.581. The van der Waals surface area contributed by atoms with E-state index < -0.39 is 23.7 Å². The molecule has 0 aromatic heterocycles. The molecule has 0 saturated carbocycles. The average Bonchev–Trinajstić information content (AvgIpc) is 2.92. The number of nitrogens with zero attached hydrogens (tertiary/aromatic N) is 1. The second kappa shape index (κ2) is 14.7. The molecule has 1 unspecified atom stereocenters. The molecule has 1 N–H and O–H groups in total. The van der Waals surface area contributed by atoms with Crippen molar-refractivity contribution in [2.24, 2.45) is 0 Å². The zero-order valence-electron chi connectivity index (χ0n) is 16.0. The third-order valence-corrected chi connectivity index (χ3v) is 2.17. The van der Waals surface area contributed by atoms with E-state index in [-0.39, 0.29) is 0 Å². The van der Waals surface area contributed by atoms with Gasteiger partial charge < -0.3 is 9.84 Å². The van der Waals surface area contributed by atoms with E-state index in [0.29, 0.717) is 13.0 Å². The summed E-state index contributed by atoms with van der Waals surface area (Å²) in [6.45, 7) is 18.0. The first-order chi connectivity index (χ1) is 10.2. The molecule has 1 fully saturated rings. The Morgan fingerprint density at radius 2 is 1.55 bits per heavy atom. The second-order valence-corrected chi connectivity index (χ2v) is 5.38. The summed E-state index contributed by atoms with van der Waals surface area (Å²) in [6.07, 6.45) is 1.94. The topological polar surface area (TPSA) is 66.8 Å². The zero-order valence-corrected chi connectivity index (χ0v) is 16.0. The van der Waals surface area contributed by atoms with Crippen LogP contribution in [0.2, 0.25) is 0 Å². The van der Waals surface area contributed by atoms with Gasteiger partial charge in [0.05, 0.1) is 0 Å². The number of carbonyl (C=O) groups excluding carboxylic acids is 1. The molecule has 1 rings (SSSR count). The fraction of sp³-hybridized carbons (Fsp3) is 0.882. The molecule has 1 atom stereocenters. The Morgan fingerprint density at radius 3 is 1.86 bits per heavy atom. The largest absolute Gasteiger partial charge is 0.480 e. The van der Waals surface area contributed by atoms with Crippen LogP contribution >= 0.6 is 0 Å². The lowest BCUT2D eigenvalue weighted by atomic mass is 10.2. The van der Waals surface area contributed by atoms with Gasteiger partial charge in [-0.05, 0) is 33.6 Å². The van der Waals surface area contributed by atoms with Crippen molar-refractivity contribution in [3.05, 3.63) is 0 Å². The van der Waals surface area contributed by atoms with Gasteiger partial charge in [-0.1, -0.05) is 48.0 Å². The Labute approximate surface area is 137 Å². The molecular weight excluding hydrogens is 282 g/mol. The highest BCUT2D eigenvalue weighted by atomic mass is 16.6. The van der Waals surface area contributed by atoms with E-state index >= 15 is 0 Å². The molecule has 22 heavy (non-hydrogen) atoms. The van der Waals surface area contributed by atoms with Crippen molar-refractivity contribution in [3.8, 4) is 0 Å². The second-order valence-electron chi connectivity index (χ2n) is 5.38. The minimum Gasteiger partial charge on any atom is -0.480 e. The van der Waals surface area contributed by atoms with Crippen molar-refractivity contribution in [2.75, 3.05) is 6.54 Å². The molecule has 1 saturated heterocycles. The van der Waals surface area contributed by atoms with Gasteiger partial charge in [-0.2, -0.15) is 0 Å². The predicted molar refractivity (Wildman–Crippen MR) is 92.3 cm³/mol. The van der Waals surface area contributed by atoms with E-state index in [2.05, 4.69) is 13.8 Å². The third-order valence-electron chi connectivity index (χ3n) is 2.17. The van der Waals surface area contributed by atoms with E-state index in [1.165, 1.54) is 11.3 Å². The van der Waals surface area contributed by atoms with Crippen LogP contribution in [0, 0.1) is 0 Å². The van der Waals surface area contributed by atoms with Crippen LogP contribution in [0.1, 0.15) is 81.6 Å². The highest BCUT2D eigenvalue weighted by Crippen LogP contribution is 2.20. The molecular formula is C17H37NO4. The van der Waals surface area contributed by atoms with Gasteiger partial charge in [0.25, 0.3) is 0 Å². The summed E-state index contributed by atoms with van der Waals surface area (Å²) in [5.74, 6) is -0.960. The number of aliphatic carboxylic acids is 1. The molecule has 0 spiro atoms. The molecule has 5 nitrogen and oxygen atoms in total.